The predicted octanol–water partition coefficient (Wildman–Crippen LogP) is 1.06. The average molecular weight is 124 g/mol. The van der Waals surface area contributed by atoms with E-state index in [0.717, 1.165) is 11.5 Å². The zero-order valence-electron chi connectivity index (χ0n) is 5.10. The Morgan fingerprint density at radius 1 is 1.56 bits per heavy atom. The van der Waals surface area contributed by atoms with Crippen LogP contribution in [-0.4, -0.2) is 22.6 Å². The Kier molecular flexibility index (Phi) is 1.48. The van der Waals surface area contributed by atoms with Crippen LogP contribution in [0.15, 0.2) is 4.99 Å². The predicted molar refractivity (Wildman–Crippen MR) is 36.9 cm³/mol. The van der Waals surface area contributed by atoms with Crippen LogP contribution in [0.3, 0.4) is 0 Å². The van der Waals surface area contributed by atoms with Gasteiger partial charge < -0.3 is 5.41 Å². The standard InChI is InChI=1S/C5H8N4/c1-2-7-5-4(3-6)8-9-5/h2-3,6,8-9H,1H3. The number of rotatable bonds is 2. The van der Waals surface area contributed by atoms with Crippen molar-refractivity contribution in [2.24, 2.45) is 4.99 Å². The fraction of sp³-hybridized carbons (Fsp3) is 0.200. The highest BCUT2D eigenvalue weighted by Gasteiger charge is 1.98. The second kappa shape index (κ2) is 2.30. The molecule has 0 atom stereocenters. The summed E-state index contributed by atoms with van der Waals surface area (Å²) in [5.74, 6) is 0.729. The minimum absolute atomic E-state index is 0.729. The lowest BCUT2D eigenvalue weighted by atomic mass is 10.4. The Morgan fingerprint density at radius 3 is 2.67 bits per heavy atom. The van der Waals surface area contributed by atoms with Gasteiger partial charge in [-0.15, -0.1) is 0 Å². The van der Waals surface area contributed by atoms with Gasteiger partial charge in [-0.05, 0) is 6.92 Å². The van der Waals surface area contributed by atoms with Crippen LogP contribution >= 0.6 is 0 Å². The summed E-state index contributed by atoms with van der Waals surface area (Å²) in [7, 11) is 0. The average Bonchev–Trinajstić information content (AvgIpc) is 1.82. The molecule has 0 radical (unpaired) electrons. The monoisotopic (exact) mass is 124 g/mol. The number of aromatic nitrogens is 2. The Hall–Kier alpha value is -1.32. The van der Waals surface area contributed by atoms with Crippen LogP contribution in [0.5, 0.6) is 0 Å². The van der Waals surface area contributed by atoms with Gasteiger partial charge in [-0.2, -0.15) is 0 Å². The highest BCUT2D eigenvalue weighted by molar-refractivity contribution is 5.82. The molecule has 4 nitrogen and oxygen atoms in total. The first-order valence-corrected chi connectivity index (χ1v) is 2.64. The van der Waals surface area contributed by atoms with Crippen molar-refractivity contribution in [1.29, 1.82) is 5.41 Å². The molecule has 0 spiro atoms. The van der Waals surface area contributed by atoms with Gasteiger partial charge in [0, 0.05) is 12.4 Å². The molecule has 0 unspecified atom stereocenters. The first kappa shape index (κ1) is 5.81. The molecule has 0 saturated carbocycles. The SMILES string of the molecule is CC=Nc1[nH][nH]c1C=N. The van der Waals surface area contributed by atoms with Crippen LogP contribution in [0.25, 0.3) is 0 Å². The van der Waals surface area contributed by atoms with Crippen LogP contribution in [-0.2, 0) is 0 Å². The number of H-pyrrole nitrogens is 2. The second-order valence-electron chi connectivity index (χ2n) is 1.54. The van der Waals surface area contributed by atoms with Gasteiger partial charge >= 0.3 is 0 Å². The van der Waals surface area contributed by atoms with Gasteiger partial charge in [0.25, 0.3) is 0 Å². The van der Waals surface area contributed by atoms with E-state index in [0.29, 0.717) is 0 Å². The zero-order valence-corrected chi connectivity index (χ0v) is 5.10. The maximum absolute atomic E-state index is 6.81. The van der Waals surface area contributed by atoms with Gasteiger partial charge in [-0.1, -0.05) is 0 Å². The molecule has 0 amide bonds. The van der Waals surface area contributed by atoms with Gasteiger partial charge in [-0.3, -0.25) is 10.2 Å². The highest BCUT2D eigenvalue weighted by atomic mass is 15.2. The first-order chi connectivity index (χ1) is 4.38. The molecule has 48 valence electrons. The number of nitrogens with zero attached hydrogens (tertiary/aromatic N) is 1. The summed E-state index contributed by atoms with van der Waals surface area (Å²) in [5.41, 5.74) is 0.730. The van der Waals surface area contributed by atoms with E-state index in [2.05, 4.69) is 15.2 Å². The van der Waals surface area contributed by atoms with Gasteiger partial charge in [0.1, 0.15) is 5.69 Å². The van der Waals surface area contributed by atoms with Crippen LogP contribution in [0, 0.1) is 5.41 Å². The summed E-state index contributed by atoms with van der Waals surface area (Å²) >= 11 is 0. The molecule has 9 heavy (non-hydrogen) atoms. The van der Waals surface area contributed by atoms with Crippen molar-refractivity contribution in [2.45, 2.75) is 6.92 Å². The molecule has 0 aliphatic rings. The third kappa shape index (κ3) is 0.910. The highest BCUT2D eigenvalue weighted by Crippen LogP contribution is 2.10. The Morgan fingerprint density at radius 2 is 2.33 bits per heavy atom. The lowest BCUT2D eigenvalue weighted by Gasteiger charge is -2.02. The molecule has 0 bridgehead atoms. The van der Waals surface area contributed by atoms with Gasteiger partial charge in [-0.25, -0.2) is 4.99 Å². The third-order valence-corrected chi connectivity index (χ3v) is 0.973. The van der Waals surface area contributed by atoms with E-state index in [1.165, 1.54) is 6.21 Å². The van der Waals surface area contributed by atoms with E-state index in [9.17, 15) is 0 Å². The molecular weight excluding hydrogens is 116 g/mol. The summed E-state index contributed by atoms with van der Waals surface area (Å²) < 4.78 is 0. The van der Waals surface area contributed by atoms with Crippen molar-refractivity contribution < 1.29 is 0 Å². The molecular formula is C5H8N4. The molecule has 1 aromatic heterocycles. The van der Waals surface area contributed by atoms with Crippen LogP contribution in [0.1, 0.15) is 12.6 Å². The summed E-state index contributed by atoms with van der Waals surface area (Å²) in [6.07, 6.45) is 2.89. The van der Waals surface area contributed by atoms with Gasteiger partial charge in [0.2, 0.25) is 0 Å². The summed E-state index contributed by atoms with van der Waals surface area (Å²) in [4.78, 5) is 3.91. The van der Waals surface area contributed by atoms with Crippen LogP contribution in [0.2, 0.25) is 0 Å². The molecule has 0 fully saturated rings. The molecule has 1 heterocycles. The molecule has 0 aliphatic heterocycles. The van der Waals surface area contributed by atoms with E-state index in [1.54, 1.807) is 6.21 Å². The third-order valence-electron chi connectivity index (χ3n) is 0.973. The topological polar surface area (TPSA) is 67.8 Å². The van der Waals surface area contributed by atoms with E-state index in [1.807, 2.05) is 6.92 Å². The largest absolute Gasteiger partial charge is 0.306 e. The molecule has 1 rings (SSSR count). The number of aliphatic imine (C=N–C) groups is 1. The molecule has 4 heteroatoms. The minimum Gasteiger partial charge on any atom is -0.306 e. The Bertz CT molecular complexity index is 217. The van der Waals surface area contributed by atoms with Crippen LogP contribution < -0.4 is 0 Å². The van der Waals surface area contributed by atoms with Crippen molar-refractivity contribution in [3.05, 3.63) is 5.69 Å². The Balaban J connectivity index is 2.76. The summed E-state index contributed by atoms with van der Waals surface area (Å²) in [5, 5.41) is 12.2. The zero-order chi connectivity index (χ0) is 6.69. The van der Waals surface area contributed by atoms with E-state index in [4.69, 9.17) is 5.41 Å². The fourth-order valence-electron chi connectivity index (χ4n) is 0.526. The number of hydrogen-bond donors (Lipinski definition) is 3. The lowest BCUT2D eigenvalue weighted by Crippen LogP contribution is -1.97. The maximum atomic E-state index is 6.81. The lowest BCUT2D eigenvalue weighted by molar-refractivity contribution is 0.945. The van der Waals surface area contributed by atoms with E-state index < -0.39 is 0 Å². The summed E-state index contributed by atoms with van der Waals surface area (Å²) in [6, 6.07) is 0. The fourth-order valence-corrected chi connectivity index (χ4v) is 0.526. The molecule has 0 saturated heterocycles. The van der Waals surface area contributed by atoms with Crippen molar-refractivity contribution in [3.63, 3.8) is 0 Å². The quantitative estimate of drug-likeness (QED) is 0.493. The van der Waals surface area contributed by atoms with Crippen LogP contribution in [0.4, 0.5) is 5.82 Å². The van der Waals surface area contributed by atoms with Crippen molar-refractivity contribution >= 4 is 18.2 Å². The number of hydrogen-bond acceptors (Lipinski definition) is 2. The van der Waals surface area contributed by atoms with E-state index >= 15 is 0 Å². The molecule has 1 aromatic rings. The van der Waals surface area contributed by atoms with Crippen molar-refractivity contribution in [3.8, 4) is 0 Å². The molecule has 0 aliphatic carbocycles. The maximum Gasteiger partial charge on any atom is 0.171 e. The van der Waals surface area contributed by atoms with Gasteiger partial charge in [0.05, 0.1) is 0 Å². The van der Waals surface area contributed by atoms with Crippen molar-refractivity contribution in [2.75, 3.05) is 0 Å². The normalized spacial score (nSPS) is 10.8. The van der Waals surface area contributed by atoms with Gasteiger partial charge in [0.15, 0.2) is 5.82 Å². The summed E-state index contributed by atoms with van der Waals surface area (Å²) in [6.45, 7) is 1.83. The molecule has 0 aromatic carbocycles. The second-order valence-corrected chi connectivity index (χ2v) is 1.54. The first-order valence-electron chi connectivity index (χ1n) is 2.64. The Labute approximate surface area is 52.5 Å². The molecule has 3 N–H and O–H groups in total. The number of aromatic amines is 2. The van der Waals surface area contributed by atoms with E-state index in [-0.39, 0.29) is 0 Å². The minimum atomic E-state index is 0.729. The smallest absolute Gasteiger partial charge is 0.171 e. The van der Waals surface area contributed by atoms with Crippen molar-refractivity contribution in [1.82, 2.24) is 10.2 Å². The number of nitrogens with one attached hydrogen (secondary N) is 3.